The van der Waals surface area contributed by atoms with Crippen LogP contribution < -0.4 is 4.74 Å². The number of methoxy groups -OCH3 is 1. The number of aromatic nitrogens is 3. The van der Waals surface area contributed by atoms with E-state index in [9.17, 15) is 9.90 Å². The SMILES string of the molecule is COc1ccc2nccc([C@@H](F)CC[C@@H]3CCN(CCSc4cccnn4)C[C@@H]3C(=O)O)c2c1. The molecule has 1 aliphatic rings. The summed E-state index contributed by atoms with van der Waals surface area (Å²) in [5.41, 5.74) is 1.30. The van der Waals surface area contributed by atoms with Crippen LogP contribution in [0.5, 0.6) is 5.75 Å². The van der Waals surface area contributed by atoms with Gasteiger partial charge in [0.1, 0.15) is 16.9 Å². The fourth-order valence-corrected chi connectivity index (χ4v) is 5.44. The van der Waals surface area contributed by atoms with E-state index in [2.05, 4.69) is 20.1 Å². The molecule has 3 aromatic rings. The molecule has 180 valence electrons. The summed E-state index contributed by atoms with van der Waals surface area (Å²) in [6.07, 6.45) is 3.65. The number of carboxylic acids is 1. The first-order chi connectivity index (χ1) is 16.5. The smallest absolute Gasteiger partial charge is 0.308 e. The molecule has 4 rings (SSSR count). The Kier molecular flexibility index (Phi) is 8.29. The van der Waals surface area contributed by atoms with Crippen LogP contribution in [0.4, 0.5) is 4.39 Å². The topological polar surface area (TPSA) is 88.4 Å². The normalized spacial score (nSPS) is 19.7. The van der Waals surface area contributed by atoms with Crippen molar-refractivity contribution in [3.05, 3.63) is 54.4 Å². The molecule has 0 saturated carbocycles. The number of rotatable bonds is 10. The van der Waals surface area contributed by atoms with Crippen molar-refractivity contribution in [2.24, 2.45) is 11.8 Å². The van der Waals surface area contributed by atoms with Crippen molar-refractivity contribution in [2.75, 3.05) is 32.5 Å². The molecule has 0 radical (unpaired) electrons. The summed E-state index contributed by atoms with van der Waals surface area (Å²) in [6, 6.07) is 10.9. The molecule has 3 heterocycles. The number of pyridine rings is 1. The van der Waals surface area contributed by atoms with Gasteiger partial charge in [0.15, 0.2) is 0 Å². The third kappa shape index (κ3) is 6.01. The van der Waals surface area contributed by atoms with Crippen molar-refractivity contribution in [3.8, 4) is 5.75 Å². The number of carbonyl (C=O) groups is 1. The zero-order chi connectivity index (χ0) is 23.9. The molecule has 3 atom stereocenters. The molecule has 34 heavy (non-hydrogen) atoms. The third-order valence-electron chi connectivity index (χ3n) is 6.47. The molecule has 0 bridgehead atoms. The number of thioether (sulfide) groups is 1. The Labute approximate surface area is 202 Å². The minimum Gasteiger partial charge on any atom is -0.497 e. The van der Waals surface area contributed by atoms with Gasteiger partial charge in [-0.05, 0) is 73.7 Å². The number of ether oxygens (including phenoxy) is 1. The molecule has 7 nitrogen and oxygen atoms in total. The Bertz CT molecular complexity index is 1100. The molecule has 1 N–H and O–H groups in total. The van der Waals surface area contributed by atoms with E-state index >= 15 is 4.39 Å². The maximum atomic E-state index is 15.3. The van der Waals surface area contributed by atoms with Gasteiger partial charge in [-0.3, -0.25) is 9.78 Å². The number of hydrogen-bond acceptors (Lipinski definition) is 7. The Morgan fingerprint density at radius 3 is 2.97 bits per heavy atom. The number of alkyl halides is 1. The Balaban J connectivity index is 1.34. The van der Waals surface area contributed by atoms with Gasteiger partial charge in [0, 0.05) is 36.6 Å². The molecule has 1 aromatic carbocycles. The van der Waals surface area contributed by atoms with Gasteiger partial charge < -0.3 is 14.7 Å². The first-order valence-electron chi connectivity index (χ1n) is 11.5. The molecule has 2 aromatic heterocycles. The largest absolute Gasteiger partial charge is 0.497 e. The van der Waals surface area contributed by atoms with E-state index in [-0.39, 0.29) is 12.3 Å². The van der Waals surface area contributed by atoms with Gasteiger partial charge in [-0.25, -0.2) is 4.39 Å². The Morgan fingerprint density at radius 1 is 1.32 bits per heavy atom. The fraction of sp³-hybridized carbons (Fsp3) is 0.440. The summed E-state index contributed by atoms with van der Waals surface area (Å²) in [5, 5.41) is 19.4. The fourth-order valence-electron chi connectivity index (χ4n) is 4.60. The lowest BCUT2D eigenvalue weighted by atomic mass is 9.81. The molecule has 0 spiro atoms. The molecule has 9 heteroatoms. The Morgan fingerprint density at radius 2 is 2.21 bits per heavy atom. The maximum absolute atomic E-state index is 15.3. The van der Waals surface area contributed by atoms with Crippen molar-refractivity contribution in [2.45, 2.75) is 30.5 Å². The number of likely N-dealkylation sites (tertiary alicyclic amines) is 1. The summed E-state index contributed by atoms with van der Waals surface area (Å²) < 4.78 is 20.6. The molecule has 1 saturated heterocycles. The first-order valence-corrected chi connectivity index (χ1v) is 12.5. The molecule has 0 aliphatic carbocycles. The van der Waals surface area contributed by atoms with Gasteiger partial charge in [-0.1, -0.05) is 0 Å². The molecule has 1 aliphatic heterocycles. The second-order valence-electron chi connectivity index (χ2n) is 8.53. The van der Waals surface area contributed by atoms with Crippen LogP contribution in [0.2, 0.25) is 0 Å². The van der Waals surface area contributed by atoms with E-state index in [4.69, 9.17) is 4.74 Å². The van der Waals surface area contributed by atoms with Crippen molar-refractivity contribution in [1.82, 2.24) is 20.1 Å². The number of piperidine rings is 1. The van der Waals surface area contributed by atoms with E-state index in [1.54, 1.807) is 37.3 Å². The van der Waals surface area contributed by atoms with Crippen molar-refractivity contribution in [1.29, 1.82) is 0 Å². The van der Waals surface area contributed by atoms with Crippen LogP contribution in [0.3, 0.4) is 0 Å². The third-order valence-corrected chi connectivity index (χ3v) is 7.37. The summed E-state index contributed by atoms with van der Waals surface area (Å²) in [6.45, 7) is 2.10. The summed E-state index contributed by atoms with van der Waals surface area (Å²) in [4.78, 5) is 18.5. The lowest BCUT2D eigenvalue weighted by Crippen LogP contribution is -2.44. The quantitative estimate of drug-likeness (QED) is 0.417. The van der Waals surface area contributed by atoms with Crippen molar-refractivity contribution < 1.29 is 19.0 Å². The van der Waals surface area contributed by atoms with E-state index < -0.39 is 18.1 Å². The van der Waals surface area contributed by atoms with Crippen molar-refractivity contribution >= 4 is 28.6 Å². The summed E-state index contributed by atoms with van der Waals surface area (Å²) in [5.74, 6) is 0.149. The van der Waals surface area contributed by atoms with E-state index in [1.807, 2.05) is 30.3 Å². The van der Waals surface area contributed by atoms with Crippen molar-refractivity contribution in [3.63, 3.8) is 0 Å². The zero-order valence-corrected chi connectivity index (χ0v) is 20.0. The van der Waals surface area contributed by atoms with Gasteiger partial charge in [-0.2, -0.15) is 5.10 Å². The number of fused-ring (bicyclic) bond motifs is 1. The second kappa shape index (κ2) is 11.6. The first kappa shape index (κ1) is 24.3. The van der Waals surface area contributed by atoms with Crippen LogP contribution in [0.15, 0.2) is 53.8 Å². The molecular formula is C25H29FN4O3S. The van der Waals surface area contributed by atoms with Gasteiger partial charge >= 0.3 is 5.97 Å². The maximum Gasteiger partial charge on any atom is 0.308 e. The van der Waals surface area contributed by atoms with Crippen LogP contribution in [0, 0.1) is 11.8 Å². The average Bonchev–Trinajstić information content (AvgIpc) is 2.87. The van der Waals surface area contributed by atoms with Gasteiger partial charge in [0.05, 0.1) is 18.5 Å². The molecular weight excluding hydrogens is 455 g/mol. The number of aliphatic carboxylic acids is 1. The van der Waals surface area contributed by atoms with Crippen LogP contribution in [0.25, 0.3) is 10.9 Å². The lowest BCUT2D eigenvalue weighted by Gasteiger charge is -2.36. The number of hydrogen-bond donors (Lipinski definition) is 1. The second-order valence-corrected chi connectivity index (χ2v) is 9.65. The minimum atomic E-state index is -1.19. The predicted octanol–water partition coefficient (Wildman–Crippen LogP) is 4.64. The summed E-state index contributed by atoms with van der Waals surface area (Å²) >= 11 is 1.61. The van der Waals surface area contributed by atoms with Gasteiger partial charge in [0.2, 0.25) is 0 Å². The molecule has 0 unspecified atom stereocenters. The standard InChI is InChI=1S/C25H29FN4O3S/c1-33-18-5-7-23-20(15-18)19(8-11-27-23)22(26)6-4-17-9-12-30(16-21(17)25(31)32)13-14-34-24-3-2-10-28-29-24/h2-3,5,7-8,10-11,15,17,21-22H,4,6,9,12-14,16H2,1H3,(H,31,32)/t17-,21+,22+/m1/s1. The highest BCUT2D eigenvalue weighted by atomic mass is 32.2. The highest BCUT2D eigenvalue weighted by Crippen LogP contribution is 2.35. The highest BCUT2D eigenvalue weighted by molar-refractivity contribution is 7.99. The van der Waals surface area contributed by atoms with E-state index in [0.29, 0.717) is 24.3 Å². The highest BCUT2D eigenvalue weighted by Gasteiger charge is 2.34. The Hall–Kier alpha value is -2.78. The minimum absolute atomic E-state index is 0.0396. The van der Waals surface area contributed by atoms with Crippen LogP contribution in [-0.4, -0.2) is 63.7 Å². The number of benzene rings is 1. The lowest BCUT2D eigenvalue weighted by molar-refractivity contribution is -0.146. The monoisotopic (exact) mass is 484 g/mol. The van der Waals surface area contributed by atoms with Gasteiger partial charge in [0.25, 0.3) is 0 Å². The molecule has 1 fully saturated rings. The number of halogens is 1. The van der Waals surface area contributed by atoms with Crippen LogP contribution in [0.1, 0.15) is 31.0 Å². The van der Waals surface area contributed by atoms with Gasteiger partial charge in [-0.15, -0.1) is 16.9 Å². The number of carboxylic acid groups (broad SMARTS) is 1. The summed E-state index contributed by atoms with van der Waals surface area (Å²) in [7, 11) is 1.58. The van der Waals surface area contributed by atoms with Crippen LogP contribution in [-0.2, 0) is 4.79 Å². The molecule has 0 amide bonds. The average molecular weight is 485 g/mol. The van der Waals surface area contributed by atoms with E-state index in [0.717, 1.165) is 41.2 Å². The number of nitrogens with zero attached hydrogens (tertiary/aromatic N) is 4. The van der Waals surface area contributed by atoms with Crippen LogP contribution >= 0.6 is 11.8 Å². The zero-order valence-electron chi connectivity index (χ0n) is 19.1. The van der Waals surface area contributed by atoms with E-state index in [1.165, 1.54) is 0 Å². The predicted molar refractivity (Wildman–Crippen MR) is 130 cm³/mol.